The molecule has 59 heavy (non-hydrogen) atoms. The Bertz CT molecular complexity index is 2280. The van der Waals surface area contributed by atoms with Gasteiger partial charge in [-0.1, -0.05) is 34.1 Å². The van der Waals surface area contributed by atoms with Crippen molar-refractivity contribution in [1.82, 2.24) is 4.98 Å². The van der Waals surface area contributed by atoms with Crippen LogP contribution in [0.25, 0.3) is 0 Å². The normalized spacial score (nSPS) is 11.5. The third kappa shape index (κ3) is 7.03. The van der Waals surface area contributed by atoms with E-state index in [9.17, 15) is 52.7 Å². The van der Waals surface area contributed by atoms with Crippen LogP contribution in [0.2, 0.25) is 0 Å². The number of hydrogen-bond acceptors (Lipinski definition) is 1. The summed E-state index contributed by atoms with van der Waals surface area (Å²) in [5.41, 5.74) is -13.1. The van der Waals surface area contributed by atoms with Crippen LogP contribution in [0.5, 0.6) is 0 Å². The van der Waals surface area contributed by atoms with E-state index in [-0.39, 0.29) is 0 Å². The number of benzene rings is 5. The molecule has 310 valence electrons. The first-order valence-corrected chi connectivity index (χ1v) is 16.1. The van der Waals surface area contributed by atoms with Gasteiger partial charge in [0.2, 0.25) is 0 Å². The van der Waals surface area contributed by atoms with Gasteiger partial charge in [-0.2, -0.15) is 4.57 Å². The van der Waals surface area contributed by atoms with Crippen molar-refractivity contribution in [2.75, 3.05) is 0 Å². The van der Waals surface area contributed by atoms with Crippen LogP contribution in [0.3, 0.4) is 0 Å². The van der Waals surface area contributed by atoms with Gasteiger partial charge in [-0.25, -0.2) is 87.8 Å². The highest BCUT2D eigenvalue weighted by Gasteiger charge is 2.52. The molecule has 0 spiro atoms. The summed E-state index contributed by atoms with van der Waals surface area (Å²) in [6.07, 6.45) is 0.276. The van der Waals surface area contributed by atoms with Crippen LogP contribution in [0.4, 0.5) is 87.8 Å². The topological polar surface area (TPSA) is 16.8 Å². The van der Waals surface area contributed by atoms with Crippen LogP contribution < -0.4 is 26.4 Å². The molecule has 0 aliphatic heterocycles. The van der Waals surface area contributed by atoms with Gasteiger partial charge in [0, 0.05) is 10.0 Å². The van der Waals surface area contributed by atoms with Gasteiger partial charge < -0.3 is 0 Å². The van der Waals surface area contributed by atoms with Crippen molar-refractivity contribution < 1.29 is 92.4 Å². The van der Waals surface area contributed by atoms with Crippen molar-refractivity contribution in [2.45, 2.75) is 6.54 Å². The fraction of sp³-hybridized carbons (Fsp3) is 0.0286. The number of aromatic nitrogens is 2. The summed E-state index contributed by atoms with van der Waals surface area (Å²) in [5, 5.41) is 0. The summed E-state index contributed by atoms with van der Waals surface area (Å²) in [4.78, 5) is 3.98. The second-order valence-corrected chi connectivity index (χ2v) is 12.7. The van der Waals surface area contributed by atoms with E-state index in [0.29, 0.717) is 0 Å². The van der Waals surface area contributed by atoms with Crippen molar-refractivity contribution in [3.63, 3.8) is 0 Å². The largest absolute Gasteiger partial charge is 0.252 e. The predicted octanol–water partition coefficient (Wildman–Crippen LogP) is 8.03. The monoisotopic (exact) mass is 928 g/mol. The molecule has 2 nitrogen and oxygen atoms in total. The van der Waals surface area contributed by atoms with Crippen LogP contribution in [0, 0.1) is 116 Å². The molecule has 0 saturated carbocycles. The lowest BCUT2D eigenvalue weighted by Crippen LogP contribution is -2.81. The summed E-state index contributed by atoms with van der Waals surface area (Å²) in [7, 11) is 0. The van der Waals surface area contributed by atoms with Gasteiger partial charge in [0.15, 0.2) is 88.7 Å². The average Bonchev–Trinajstić information content (AvgIpc) is 3.22. The van der Waals surface area contributed by atoms with Crippen LogP contribution >= 0.6 is 15.9 Å². The fourth-order valence-electron chi connectivity index (χ4n) is 6.15. The molecule has 0 N–H and O–H groups in total. The van der Waals surface area contributed by atoms with Crippen LogP contribution in [-0.2, 0) is 6.54 Å². The highest BCUT2D eigenvalue weighted by atomic mass is 79.9. The lowest BCUT2D eigenvalue weighted by molar-refractivity contribution is -0.689. The number of rotatable bonds is 6. The Morgan fingerprint density at radius 3 is 0.864 bits per heavy atom. The van der Waals surface area contributed by atoms with E-state index >= 15 is 35.1 Å². The molecule has 0 bridgehead atoms. The maximum Gasteiger partial charge on any atom is 0.200 e. The van der Waals surface area contributed by atoms with Gasteiger partial charge in [-0.3, -0.25) is 4.98 Å². The van der Waals surface area contributed by atoms with Crippen molar-refractivity contribution in [1.29, 1.82) is 0 Å². The Balaban J connectivity index is 0.000000395. The minimum atomic E-state index is -7.22. The molecule has 0 aliphatic carbocycles. The van der Waals surface area contributed by atoms with E-state index in [1.807, 2.05) is 24.5 Å². The molecule has 0 unspecified atom stereocenters. The number of halogens is 21. The smallest absolute Gasteiger partial charge is 0.200 e. The second-order valence-electron chi connectivity index (χ2n) is 11.8. The zero-order valence-electron chi connectivity index (χ0n) is 27.7. The molecule has 0 fully saturated rings. The second kappa shape index (κ2) is 16.5. The summed E-state index contributed by atoms with van der Waals surface area (Å²) in [5.74, 6) is -71.4. The third-order valence-electron chi connectivity index (χ3n) is 8.71. The SMILES string of the molecule is Brc1ccccc1C[n+]1ccncc1.Fc1c(F)c(F)c([B-](c2c(F)c(F)c(F)c(F)c2F)(c2c(F)c(F)c(F)c(F)c2F)c2c(F)c(F)c(F)c(F)c2F)c(F)c1F. The van der Waals surface area contributed by atoms with E-state index in [2.05, 4.69) is 37.6 Å². The first kappa shape index (κ1) is 44.4. The molecule has 1 heterocycles. The van der Waals surface area contributed by atoms with Crippen molar-refractivity contribution in [3.8, 4) is 0 Å². The van der Waals surface area contributed by atoms with Gasteiger partial charge in [0.05, 0.1) is 12.4 Å². The predicted molar refractivity (Wildman–Crippen MR) is 167 cm³/mol. The number of hydrogen-bond donors (Lipinski definition) is 0. The lowest BCUT2D eigenvalue weighted by atomic mass is 9.12. The zero-order chi connectivity index (χ0) is 44.2. The van der Waals surface area contributed by atoms with E-state index < -0.39 is 144 Å². The quantitative estimate of drug-likeness (QED) is 0.0544. The molecule has 0 atom stereocenters. The minimum absolute atomic E-state index is 0.865. The zero-order valence-corrected chi connectivity index (χ0v) is 29.3. The molecule has 6 aromatic rings. The minimum Gasteiger partial charge on any atom is -0.252 e. The van der Waals surface area contributed by atoms with Gasteiger partial charge in [0.1, 0.15) is 52.7 Å². The van der Waals surface area contributed by atoms with Crippen LogP contribution in [0.15, 0.2) is 53.5 Å². The standard InChI is InChI=1S/C24BF20.C11H10BrN2/c26-5-1(6(27)14(35)21(42)13(5)34)25(2-7(28)15(36)22(43)16(37)8(2)29,3-9(30)17(38)23(44)18(39)10(3)31)4-11(32)19(40)24(45)20(41)12(4)33;12-11-4-2-1-3-10(11)9-14-7-5-13-6-8-14/h;1-8H,9H2/q-1;+1. The molecule has 6 rings (SSSR count). The fourth-order valence-corrected chi connectivity index (χ4v) is 6.56. The van der Waals surface area contributed by atoms with Gasteiger partial charge in [-0.05, 0) is 6.07 Å². The molecule has 0 aliphatic rings. The lowest BCUT2D eigenvalue weighted by Gasteiger charge is -2.44. The van der Waals surface area contributed by atoms with E-state index in [1.54, 1.807) is 12.4 Å². The van der Waals surface area contributed by atoms with Gasteiger partial charge in [0.25, 0.3) is 0 Å². The summed E-state index contributed by atoms with van der Waals surface area (Å²) in [6.45, 7) is 0.865. The van der Waals surface area contributed by atoms with E-state index in [0.717, 1.165) is 11.0 Å². The molecule has 0 saturated heterocycles. The molecular formula is C35H10BBrF20N2. The molecule has 24 heteroatoms. The Labute approximate surface area is 323 Å². The highest BCUT2D eigenvalue weighted by molar-refractivity contribution is 9.10. The third-order valence-corrected chi connectivity index (χ3v) is 9.48. The highest BCUT2D eigenvalue weighted by Crippen LogP contribution is 2.30. The van der Waals surface area contributed by atoms with Crippen molar-refractivity contribution in [3.05, 3.63) is 175 Å². The van der Waals surface area contributed by atoms with Gasteiger partial charge in [-0.15, -0.1) is 21.9 Å². The van der Waals surface area contributed by atoms with Crippen LogP contribution in [-0.4, -0.2) is 11.1 Å². The molecule has 5 aromatic carbocycles. The summed E-state index contributed by atoms with van der Waals surface area (Å²) in [6, 6.07) is 8.22. The Morgan fingerprint density at radius 2 is 0.610 bits per heavy atom. The van der Waals surface area contributed by atoms with Crippen LogP contribution in [0.1, 0.15) is 5.56 Å². The Kier molecular flexibility index (Phi) is 12.4. The van der Waals surface area contributed by atoms with E-state index in [4.69, 9.17) is 0 Å². The number of nitrogens with zero attached hydrogens (tertiary/aromatic N) is 2. The van der Waals surface area contributed by atoms with Crippen molar-refractivity contribution in [2.24, 2.45) is 0 Å². The molecular weight excluding hydrogens is 919 g/mol. The first-order chi connectivity index (χ1) is 27.6. The summed E-state index contributed by atoms with van der Waals surface area (Å²) < 4.78 is 297. The van der Waals surface area contributed by atoms with E-state index in [1.165, 1.54) is 5.56 Å². The first-order valence-electron chi connectivity index (χ1n) is 15.3. The Hall–Kier alpha value is -5.68. The summed E-state index contributed by atoms with van der Waals surface area (Å²) >= 11 is 3.52. The maximum absolute atomic E-state index is 15.4. The van der Waals surface area contributed by atoms with Crippen molar-refractivity contribution >= 4 is 43.9 Å². The average molecular weight is 929 g/mol. The molecule has 0 amide bonds. The Morgan fingerprint density at radius 1 is 0.373 bits per heavy atom. The molecule has 0 radical (unpaired) electrons. The van der Waals surface area contributed by atoms with Gasteiger partial charge >= 0.3 is 0 Å². The molecule has 1 aromatic heterocycles. The maximum atomic E-state index is 15.4.